The van der Waals surface area contributed by atoms with Gasteiger partial charge < -0.3 is 11.1 Å². The first-order chi connectivity index (χ1) is 14.5. The highest BCUT2D eigenvalue weighted by Gasteiger charge is 2.42. The number of aryl methyl sites for hydroxylation is 1. The van der Waals surface area contributed by atoms with Crippen molar-refractivity contribution in [2.24, 2.45) is 5.73 Å². The van der Waals surface area contributed by atoms with Crippen LogP contribution in [0.4, 0.5) is 5.69 Å². The second kappa shape index (κ2) is 7.26. The first kappa shape index (κ1) is 18.8. The summed E-state index contributed by atoms with van der Waals surface area (Å²) >= 11 is 0. The molecule has 0 bridgehead atoms. The molecule has 5 heteroatoms. The van der Waals surface area contributed by atoms with Crippen molar-refractivity contribution in [2.45, 2.75) is 44.3 Å². The number of benzene rings is 3. The second-order valence-electron chi connectivity index (χ2n) is 8.34. The Kier molecular flexibility index (Phi) is 4.55. The Morgan fingerprint density at radius 1 is 1.07 bits per heavy atom. The highest BCUT2D eigenvalue weighted by molar-refractivity contribution is 6.06. The fourth-order valence-electron chi connectivity index (χ4n) is 4.73. The summed E-state index contributed by atoms with van der Waals surface area (Å²) in [5, 5.41) is 5.44. The Labute approximate surface area is 175 Å². The summed E-state index contributed by atoms with van der Waals surface area (Å²) in [4.78, 5) is 28.0. The molecule has 0 unspecified atom stereocenters. The van der Waals surface area contributed by atoms with Gasteiger partial charge in [-0.05, 0) is 53.3 Å². The van der Waals surface area contributed by atoms with Crippen LogP contribution in [0.2, 0.25) is 0 Å². The lowest BCUT2D eigenvalue weighted by atomic mass is 10.0. The zero-order valence-corrected chi connectivity index (χ0v) is 17.0. The highest BCUT2D eigenvalue weighted by Crippen LogP contribution is 2.39. The quantitative estimate of drug-likeness (QED) is 0.710. The fraction of sp³-hybridized carbons (Fsp3) is 0.280. The van der Waals surface area contributed by atoms with Gasteiger partial charge in [0, 0.05) is 6.42 Å². The second-order valence-corrected chi connectivity index (χ2v) is 8.34. The number of carbonyl (C=O) groups is 2. The number of nitrogens with one attached hydrogen (secondary N) is 1. The number of para-hydroxylation sites is 1. The molecule has 2 amide bonds. The van der Waals surface area contributed by atoms with Crippen LogP contribution in [0, 0.1) is 0 Å². The highest BCUT2D eigenvalue weighted by atomic mass is 16.2. The lowest BCUT2D eigenvalue weighted by molar-refractivity contribution is -0.127. The van der Waals surface area contributed by atoms with E-state index in [1.165, 1.54) is 5.39 Å². The summed E-state index contributed by atoms with van der Waals surface area (Å²) < 4.78 is 0. The molecule has 0 spiro atoms. The minimum absolute atomic E-state index is 0.139. The van der Waals surface area contributed by atoms with E-state index in [1.807, 2.05) is 43.3 Å². The Bertz CT molecular complexity index is 1160. The predicted octanol–water partition coefficient (Wildman–Crippen LogP) is 3.25. The SMILES string of the molecule is C[C@@H](NC(=O)[C@@H]1Cc2cccc3c2N1C(=O)[C@@H](N)CC3)c1ccc2ccccc2c1. The number of carbonyl (C=O) groups excluding carboxylic acids is 2. The largest absolute Gasteiger partial charge is 0.348 e. The summed E-state index contributed by atoms with van der Waals surface area (Å²) in [7, 11) is 0. The number of hydrogen-bond donors (Lipinski definition) is 2. The number of nitrogens with two attached hydrogens (primary N) is 1. The smallest absolute Gasteiger partial charge is 0.244 e. The molecule has 3 aromatic carbocycles. The lowest BCUT2D eigenvalue weighted by Gasteiger charge is -2.27. The molecule has 0 fully saturated rings. The molecule has 30 heavy (non-hydrogen) atoms. The van der Waals surface area contributed by atoms with E-state index >= 15 is 0 Å². The summed E-state index contributed by atoms with van der Waals surface area (Å²) in [6, 6.07) is 19.1. The molecule has 0 saturated carbocycles. The standard InChI is InChI=1S/C25H25N3O2/c1-15(18-10-9-16-5-2-3-6-19(16)13-18)27-24(29)22-14-20-8-4-7-17-11-12-21(26)25(30)28(22)23(17)20/h2-10,13,15,21-22H,11-12,14,26H2,1H3,(H,27,29)/t15-,21+,22+/m1/s1. The zero-order chi connectivity index (χ0) is 20.8. The third kappa shape index (κ3) is 3.06. The van der Waals surface area contributed by atoms with Gasteiger partial charge in [0.25, 0.3) is 0 Å². The van der Waals surface area contributed by atoms with Crippen molar-refractivity contribution < 1.29 is 9.59 Å². The number of hydrogen-bond acceptors (Lipinski definition) is 3. The number of anilines is 1. The minimum Gasteiger partial charge on any atom is -0.348 e. The van der Waals surface area contributed by atoms with Gasteiger partial charge in [0.15, 0.2) is 0 Å². The summed E-state index contributed by atoms with van der Waals surface area (Å²) in [5.41, 5.74) is 10.2. The van der Waals surface area contributed by atoms with E-state index in [2.05, 4.69) is 29.6 Å². The van der Waals surface area contributed by atoms with Crippen LogP contribution in [-0.2, 0) is 22.4 Å². The minimum atomic E-state index is -0.573. The fourth-order valence-corrected chi connectivity index (χ4v) is 4.73. The van der Waals surface area contributed by atoms with Crippen molar-refractivity contribution in [3.63, 3.8) is 0 Å². The van der Waals surface area contributed by atoms with Crippen molar-refractivity contribution in [3.05, 3.63) is 77.4 Å². The molecular weight excluding hydrogens is 374 g/mol. The van der Waals surface area contributed by atoms with E-state index in [9.17, 15) is 9.59 Å². The molecule has 152 valence electrons. The molecule has 0 saturated heterocycles. The van der Waals surface area contributed by atoms with Crippen molar-refractivity contribution in [1.29, 1.82) is 0 Å². The molecule has 2 aliphatic rings. The van der Waals surface area contributed by atoms with E-state index in [1.54, 1.807) is 4.90 Å². The molecule has 5 nitrogen and oxygen atoms in total. The molecule has 0 radical (unpaired) electrons. The van der Waals surface area contributed by atoms with E-state index < -0.39 is 12.1 Å². The van der Waals surface area contributed by atoms with Crippen LogP contribution in [0.1, 0.15) is 36.1 Å². The maximum absolute atomic E-state index is 13.3. The van der Waals surface area contributed by atoms with Gasteiger partial charge in [-0.1, -0.05) is 54.6 Å². The normalized spacial score (nSPS) is 21.3. The Balaban J connectivity index is 1.42. The van der Waals surface area contributed by atoms with Crippen molar-refractivity contribution in [1.82, 2.24) is 5.32 Å². The van der Waals surface area contributed by atoms with Gasteiger partial charge in [0.05, 0.1) is 17.8 Å². The van der Waals surface area contributed by atoms with Crippen molar-refractivity contribution >= 4 is 28.3 Å². The predicted molar refractivity (Wildman–Crippen MR) is 118 cm³/mol. The van der Waals surface area contributed by atoms with Gasteiger partial charge >= 0.3 is 0 Å². The van der Waals surface area contributed by atoms with Gasteiger partial charge in [0.2, 0.25) is 11.8 Å². The molecule has 0 aromatic heterocycles. The molecule has 5 rings (SSSR count). The molecular formula is C25H25N3O2. The van der Waals surface area contributed by atoms with Crippen molar-refractivity contribution in [3.8, 4) is 0 Å². The number of rotatable bonds is 3. The Morgan fingerprint density at radius 2 is 1.83 bits per heavy atom. The maximum Gasteiger partial charge on any atom is 0.244 e. The zero-order valence-electron chi connectivity index (χ0n) is 17.0. The first-order valence-corrected chi connectivity index (χ1v) is 10.5. The molecule has 2 aliphatic heterocycles. The maximum atomic E-state index is 13.3. The van der Waals surface area contributed by atoms with Crippen LogP contribution in [0.3, 0.4) is 0 Å². The van der Waals surface area contributed by atoms with Crippen LogP contribution < -0.4 is 16.0 Å². The van der Waals surface area contributed by atoms with Gasteiger partial charge in [-0.15, -0.1) is 0 Å². The van der Waals surface area contributed by atoms with Crippen LogP contribution in [0.25, 0.3) is 10.8 Å². The lowest BCUT2D eigenvalue weighted by Crippen LogP contribution is -2.52. The monoisotopic (exact) mass is 399 g/mol. The van der Waals surface area contributed by atoms with Gasteiger partial charge in [-0.25, -0.2) is 0 Å². The van der Waals surface area contributed by atoms with Crippen LogP contribution in [0.5, 0.6) is 0 Å². The molecule has 0 aliphatic carbocycles. The molecule has 3 N–H and O–H groups in total. The first-order valence-electron chi connectivity index (χ1n) is 10.5. The van der Waals surface area contributed by atoms with Crippen LogP contribution in [0.15, 0.2) is 60.7 Å². The van der Waals surface area contributed by atoms with E-state index in [0.29, 0.717) is 12.8 Å². The average Bonchev–Trinajstić information content (AvgIpc) is 3.11. The molecule has 3 aromatic rings. The number of fused-ring (bicyclic) bond motifs is 1. The summed E-state index contributed by atoms with van der Waals surface area (Å²) in [6.45, 7) is 1.98. The third-order valence-corrected chi connectivity index (χ3v) is 6.38. The van der Waals surface area contributed by atoms with Crippen molar-refractivity contribution in [2.75, 3.05) is 4.90 Å². The summed E-state index contributed by atoms with van der Waals surface area (Å²) in [6.07, 6.45) is 1.89. The number of nitrogens with zero attached hydrogens (tertiary/aromatic N) is 1. The third-order valence-electron chi connectivity index (χ3n) is 6.38. The van der Waals surface area contributed by atoms with Gasteiger partial charge in [-0.3, -0.25) is 14.5 Å². The molecule has 2 heterocycles. The average molecular weight is 399 g/mol. The van der Waals surface area contributed by atoms with Gasteiger partial charge in [-0.2, -0.15) is 0 Å². The van der Waals surface area contributed by atoms with E-state index in [0.717, 1.165) is 34.2 Å². The molecule has 3 atom stereocenters. The van der Waals surface area contributed by atoms with E-state index in [-0.39, 0.29) is 17.9 Å². The van der Waals surface area contributed by atoms with Crippen LogP contribution >= 0.6 is 0 Å². The van der Waals surface area contributed by atoms with Gasteiger partial charge in [0.1, 0.15) is 6.04 Å². The topological polar surface area (TPSA) is 75.4 Å². The van der Waals surface area contributed by atoms with Crippen LogP contribution in [-0.4, -0.2) is 23.9 Å². The van der Waals surface area contributed by atoms with E-state index in [4.69, 9.17) is 5.73 Å². The summed E-state index contributed by atoms with van der Waals surface area (Å²) in [5.74, 6) is -0.294. The Hall–Kier alpha value is -3.18. The Morgan fingerprint density at radius 3 is 2.67 bits per heavy atom. The number of amides is 2.